The van der Waals surface area contributed by atoms with Crippen molar-refractivity contribution in [2.75, 3.05) is 26.6 Å². The standard InChI is InChI=1S/C20H19NO5/c22-20(13-1-2-16-18(10-13)26-11-25-16)21-6-3-15-14-5-8-23-17(14)9-12-4-7-24-19(12)15/h1-2,9-10H,3-8,11H2,(H,21,22). The van der Waals surface area contributed by atoms with Gasteiger partial charge in [-0.25, -0.2) is 0 Å². The zero-order valence-corrected chi connectivity index (χ0v) is 14.3. The van der Waals surface area contributed by atoms with Gasteiger partial charge in [0.05, 0.1) is 13.2 Å². The SMILES string of the molecule is O=C(NCCc1c2c(cc3c1OCC3)OCC2)c1ccc2c(c1)OCO2. The van der Waals surface area contributed by atoms with Gasteiger partial charge in [-0.3, -0.25) is 4.79 Å². The number of fused-ring (bicyclic) bond motifs is 3. The van der Waals surface area contributed by atoms with Crippen molar-refractivity contribution < 1.29 is 23.7 Å². The highest BCUT2D eigenvalue weighted by molar-refractivity contribution is 5.94. The molecule has 0 aromatic heterocycles. The summed E-state index contributed by atoms with van der Waals surface area (Å²) in [6, 6.07) is 7.34. The number of hydrogen-bond donors (Lipinski definition) is 1. The van der Waals surface area contributed by atoms with Crippen LogP contribution in [0.15, 0.2) is 24.3 Å². The van der Waals surface area contributed by atoms with Crippen molar-refractivity contribution in [3.63, 3.8) is 0 Å². The Hall–Kier alpha value is -2.89. The van der Waals surface area contributed by atoms with Gasteiger partial charge in [-0.05, 0) is 30.7 Å². The number of nitrogens with one attached hydrogen (secondary N) is 1. The highest BCUT2D eigenvalue weighted by Crippen LogP contribution is 2.40. The minimum absolute atomic E-state index is 0.121. The van der Waals surface area contributed by atoms with E-state index in [9.17, 15) is 4.79 Å². The Morgan fingerprint density at radius 2 is 1.85 bits per heavy atom. The molecule has 6 heteroatoms. The molecule has 0 bridgehead atoms. The summed E-state index contributed by atoms with van der Waals surface area (Å²) < 4.78 is 22.2. The van der Waals surface area contributed by atoms with Crippen LogP contribution in [-0.2, 0) is 19.3 Å². The van der Waals surface area contributed by atoms with E-state index in [1.54, 1.807) is 18.2 Å². The van der Waals surface area contributed by atoms with Gasteiger partial charge >= 0.3 is 0 Å². The zero-order chi connectivity index (χ0) is 17.5. The smallest absolute Gasteiger partial charge is 0.251 e. The van der Waals surface area contributed by atoms with Crippen LogP contribution in [0.3, 0.4) is 0 Å². The minimum Gasteiger partial charge on any atom is -0.493 e. The third-order valence-corrected chi connectivity index (χ3v) is 5.06. The fraction of sp³-hybridized carbons (Fsp3) is 0.350. The molecular formula is C20H19NO5. The molecule has 0 spiro atoms. The van der Waals surface area contributed by atoms with Gasteiger partial charge in [0.1, 0.15) is 11.5 Å². The largest absolute Gasteiger partial charge is 0.493 e. The number of ether oxygens (including phenoxy) is 4. The first-order valence-corrected chi connectivity index (χ1v) is 8.90. The minimum atomic E-state index is -0.121. The highest BCUT2D eigenvalue weighted by atomic mass is 16.7. The van der Waals surface area contributed by atoms with E-state index in [-0.39, 0.29) is 12.7 Å². The van der Waals surface area contributed by atoms with Gasteiger partial charge in [-0.15, -0.1) is 0 Å². The van der Waals surface area contributed by atoms with Crippen molar-refractivity contribution in [3.05, 3.63) is 46.5 Å². The molecule has 134 valence electrons. The van der Waals surface area contributed by atoms with E-state index in [0.29, 0.717) is 23.6 Å². The molecule has 1 N–H and O–H groups in total. The second kappa shape index (κ2) is 6.12. The molecule has 2 aromatic rings. The first-order chi connectivity index (χ1) is 12.8. The maximum absolute atomic E-state index is 12.4. The van der Waals surface area contributed by atoms with Crippen molar-refractivity contribution in [2.45, 2.75) is 19.3 Å². The number of hydrogen-bond acceptors (Lipinski definition) is 5. The topological polar surface area (TPSA) is 66.0 Å². The average Bonchev–Trinajstić information content (AvgIpc) is 3.39. The van der Waals surface area contributed by atoms with E-state index in [0.717, 1.165) is 44.0 Å². The Morgan fingerprint density at radius 3 is 2.81 bits per heavy atom. The number of carbonyl (C=O) groups is 1. The number of rotatable bonds is 4. The summed E-state index contributed by atoms with van der Waals surface area (Å²) in [4.78, 5) is 12.4. The number of benzene rings is 2. The van der Waals surface area contributed by atoms with E-state index < -0.39 is 0 Å². The maximum atomic E-state index is 12.4. The van der Waals surface area contributed by atoms with E-state index in [2.05, 4.69) is 11.4 Å². The van der Waals surface area contributed by atoms with Gasteiger partial charge in [-0.1, -0.05) is 0 Å². The number of amides is 1. The van der Waals surface area contributed by atoms with Crippen LogP contribution >= 0.6 is 0 Å². The fourth-order valence-corrected chi connectivity index (χ4v) is 3.79. The summed E-state index contributed by atoms with van der Waals surface area (Å²) in [6.45, 7) is 2.18. The zero-order valence-electron chi connectivity index (χ0n) is 14.3. The molecule has 3 aliphatic rings. The first-order valence-electron chi connectivity index (χ1n) is 8.90. The Balaban J connectivity index is 1.30. The Morgan fingerprint density at radius 1 is 0.962 bits per heavy atom. The molecule has 0 radical (unpaired) electrons. The van der Waals surface area contributed by atoms with Crippen LogP contribution in [0.5, 0.6) is 23.0 Å². The molecule has 3 heterocycles. The van der Waals surface area contributed by atoms with E-state index >= 15 is 0 Å². The van der Waals surface area contributed by atoms with E-state index in [4.69, 9.17) is 18.9 Å². The van der Waals surface area contributed by atoms with Gasteiger partial charge in [-0.2, -0.15) is 0 Å². The Labute approximate surface area is 151 Å². The Kier molecular flexibility index (Phi) is 3.62. The summed E-state index contributed by atoms with van der Waals surface area (Å²) in [5.74, 6) is 3.14. The van der Waals surface area contributed by atoms with Gasteiger partial charge in [0.15, 0.2) is 11.5 Å². The van der Waals surface area contributed by atoms with Crippen LogP contribution < -0.4 is 24.3 Å². The molecule has 5 rings (SSSR count). The predicted octanol–water partition coefficient (Wildman–Crippen LogP) is 2.26. The highest BCUT2D eigenvalue weighted by Gasteiger charge is 2.26. The lowest BCUT2D eigenvalue weighted by Crippen LogP contribution is -2.26. The Bertz CT molecular complexity index is 860. The van der Waals surface area contributed by atoms with Crippen molar-refractivity contribution in [3.8, 4) is 23.0 Å². The summed E-state index contributed by atoms with van der Waals surface area (Å²) in [6.07, 6.45) is 2.55. The molecule has 1 amide bonds. The number of carbonyl (C=O) groups excluding carboxylic acids is 1. The van der Waals surface area contributed by atoms with Crippen LogP contribution in [0.4, 0.5) is 0 Å². The van der Waals surface area contributed by atoms with Crippen LogP contribution in [-0.4, -0.2) is 32.5 Å². The van der Waals surface area contributed by atoms with E-state index in [1.165, 1.54) is 16.7 Å². The monoisotopic (exact) mass is 353 g/mol. The lowest BCUT2D eigenvalue weighted by atomic mass is 9.97. The maximum Gasteiger partial charge on any atom is 0.251 e. The first kappa shape index (κ1) is 15.4. The summed E-state index contributed by atoms with van der Waals surface area (Å²) >= 11 is 0. The predicted molar refractivity (Wildman–Crippen MR) is 93.4 cm³/mol. The molecule has 26 heavy (non-hydrogen) atoms. The fourth-order valence-electron chi connectivity index (χ4n) is 3.79. The molecule has 0 unspecified atom stereocenters. The van der Waals surface area contributed by atoms with Crippen LogP contribution in [0.1, 0.15) is 27.0 Å². The summed E-state index contributed by atoms with van der Waals surface area (Å²) in [7, 11) is 0. The van der Waals surface area contributed by atoms with Crippen molar-refractivity contribution in [1.82, 2.24) is 5.32 Å². The van der Waals surface area contributed by atoms with Gasteiger partial charge in [0.2, 0.25) is 6.79 Å². The van der Waals surface area contributed by atoms with Crippen LogP contribution in [0.2, 0.25) is 0 Å². The van der Waals surface area contributed by atoms with Crippen molar-refractivity contribution >= 4 is 5.91 Å². The van der Waals surface area contributed by atoms with Gasteiger partial charge < -0.3 is 24.3 Å². The molecule has 6 nitrogen and oxygen atoms in total. The summed E-state index contributed by atoms with van der Waals surface area (Å²) in [5, 5.41) is 2.99. The van der Waals surface area contributed by atoms with Gasteiger partial charge in [0, 0.05) is 41.6 Å². The van der Waals surface area contributed by atoms with E-state index in [1.807, 2.05) is 0 Å². The van der Waals surface area contributed by atoms with Crippen LogP contribution in [0, 0.1) is 0 Å². The second-order valence-corrected chi connectivity index (χ2v) is 6.59. The molecule has 0 saturated heterocycles. The lowest BCUT2D eigenvalue weighted by Gasteiger charge is -2.13. The molecule has 3 aliphatic heterocycles. The molecule has 0 aliphatic carbocycles. The molecular weight excluding hydrogens is 334 g/mol. The third kappa shape index (κ3) is 2.53. The van der Waals surface area contributed by atoms with Crippen LogP contribution in [0.25, 0.3) is 0 Å². The van der Waals surface area contributed by atoms with Crippen molar-refractivity contribution in [2.24, 2.45) is 0 Å². The second-order valence-electron chi connectivity index (χ2n) is 6.59. The normalized spacial score (nSPS) is 15.8. The quantitative estimate of drug-likeness (QED) is 0.913. The molecule has 2 aromatic carbocycles. The van der Waals surface area contributed by atoms with Crippen molar-refractivity contribution in [1.29, 1.82) is 0 Å². The molecule has 0 atom stereocenters. The average molecular weight is 353 g/mol. The lowest BCUT2D eigenvalue weighted by molar-refractivity contribution is 0.0953. The third-order valence-electron chi connectivity index (χ3n) is 5.06. The van der Waals surface area contributed by atoms with Gasteiger partial charge in [0.25, 0.3) is 5.91 Å². The summed E-state index contributed by atoms with van der Waals surface area (Å²) in [5.41, 5.74) is 4.18. The molecule has 0 saturated carbocycles. The molecule has 0 fully saturated rings.